The van der Waals surface area contributed by atoms with Crippen molar-refractivity contribution in [1.29, 1.82) is 0 Å². The molecule has 164 valence electrons. The van der Waals surface area contributed by atoms with Crippen LogP contribution in [0.3, 0.4) is 0 Å². The molecule has 5 rings (SSSR count). The van der Waals surface area contributed by atoms with Gasteiger partial charge in [-0.3, -0.25) is 4.57 Å². The van der Waals surface area contributed by atoms with Crippen molar-refractivity contribution in [1.82, 2.24) is 14.8 Å². The number of thioether (sulfide) groups is 1. The molecule has 0 spiro atoms. The van der Waals surface area contributed by atoms with Crippen LogP contribution in [0.2, 0.25) is 0 Å². The Morgan fingerprint density at radius 2 is 1.79 bits per heavy atom. The fourth-order valence-corrected chi connectivity index (χ4v) is 4.52. The summed E-state index contributed by atoms with van der Waals surface area (Å²) in [6.45, 7) is 0. The van der Waals surface area contributed by atoms with Gasteiger partial charge in [-0.05, 0) is 42.0 Å². The van der Waals surface area contributed by atoms with Gasteiger partial charge in [0.2, 0.25) is 0 Å². The molecule has 7 nitrogen and oxygen atoms in total. The minimum absolute atomic E-state index is 0.0437. The van der Waals surface area contributed by atoms with E-state index in [1.165, 1.54) is 23.9 Å². The number of methoxy groups -OCH3 is 1. The molecule has 0 aliphatic rings. The number of rotatable bonds is 6. The van der Waals surface area contributed by atoms with Crippen LogP contribution in [0, 0.1) is 0 Å². The first-order chi connectivity index (χ1) is 16.1. The van der Waals surface area contributed by atoms with Crippen LogP contribution >= 0.6 is 11.8 Å². The molecule has 33 heavy (non-hydrogen) atoms. The quantitative estimate of drug-likeness (QED) is 0.282. The number of benzene rings is 3. The van der Waals surface area contributed by atoms with Crippen molar-refractivity contribution >= 4 is 22.7 Å². The fourth-order valence-electron chi connectivity index (χ4n) is 3.58. The summed E-state index contributed by atoms with van der Waals surface area (Å²) in [6, 6.07) is 23.8. The van der Waals surface area contributed by atoms with Crippen LogP contribution in [-0.4, -0.2) is 27.0 Å². The van der Waals surface area contributed by atoms with E-state index in [0.717, 1.165) is 28.0 Å². The maximum atomic E-state index is 12.1. The maximum absolute atomic E-state index is 12.1. The first kappa shape index (κ1) is 20.8. The molecule has 0 aliphatic heterocycles. The predicted octanol–water partition coefficient (Wildman–Crippen LogP) is 5.05. The number of aromatic nitrogens is 3. The highest BCUT2D eigenvalue weighted by Crippen LogP contribution is 2.32. The van der Waals surface area contributed by atoms with Gasteiger partial charge in [-0.1, -0.05) is 42.1 Å². The number of ether oxygens (including phenoxy) is 1. The lowest BCUT2D eigenvalue weighted by atomic mass is 10.1. The summed E-state index contributed by atoms with van der Waals surface area (Å²) in [5, 5.41) is 20.1. The van der Waals surface area contributed by atoms with E-state index in [4.69, 9.17) is 9.15 Å². The van der Waals surface area contributed by atoms with Crippen LogP contribution in [0.4, 0.5) is 0 Å². The fraction of sp³-hybridized carbons (Fsp3) is 0.0800. The Morgan fingerprint density at radius 3 is 2.55 bits per heavy atom. The zero-order valence-electron chi connectivity index (χ0n) is 17.6. The number of aromatic hydroxyl groups is 1. The van der Waals surface area contributed by atoms with E-state index in [0.29, 0.717) is 22.3 Å². The Balaban J connectivity index is 1.56. The smallest absolute Gasteiger partial charge is 0.336 e. The lowest BCUT2D eigenvalue weighted by molar-refractivity contribution is 0.414. The van der Waals surface area contributed by atoms with Gasteiger partial charge in [0.1, 0.15) is 17.1 Å². The van der Waals surface area contributed by atoms with Crippen molar-refractivity contribution in [3.05, 3.63) is 94.8 Å². The maximum Gasteiger partial charge on any atom is 0.336 e. The number of nitrogens with zero attached hydrogens (tertiary/aromatic N) is 3. The van der Waals surface area contributed by atoms with E-state index >= 15 is 0 Å². The molecular weight excluding hydrogens is 438 g/mol. The Bertz CT molecular complexity index is 1480. The van der Waals surface area contributed by atoms with Gasteiger partial charge in [0.15, 0.2) is 11.0 Å². The molecule has 0 radical (unpaired) electrons. The minimum Gasteiger partial charge on any atom is -0.508 e. The van der Waals surface area contributed by atoms with E-state index in [1.54, 1.807) is 19.2 Å². The average Bonchev–Trinajstić information content (AvgIpc) is 3.26. The summed E-state index contributed by atoms with van der Waals surface area (Å²) < 4.78 is 12.5. The third kappa shape index (κ3) is 4.20. The molecule has 0 fully saturated rings. The van der Waals surface area contributed by atoms with E-state index < -0.39 is 5.63 Å². The summed E-state index contributed by atoms with van der Waals surface area (Å²) in [5.41, 5.74) is 2.50. The number of fused-ring (bicyclic) bond motifs is 1. The number of phenolic OH excluding ortho intramolecular Hbond substituents is 1. The number of hydrogen-bond acceptors (Lipinski definition) is 7. The lowest BCUT2D eigenvalue weighted by Gasteiger charge is -2.11. The first-order valence-corrected chi connectivity index (χ1v) is 11.1. The van der Waals surface area contributed by atoms with Gasteiger partial charge in [0, 0.05) is 34.5 Å². The topological polar surface area (TPSA) is 90.4 Å². The van der Waals surface area contributed by atoms with Crippen molar-refractivity contribution in [2.24, 2.45) is 0 Å². The van der Waals surface area contributed by atoms with Gasteiger partial charge in [0.25, 0.3) is 0 Å². The summed E-state index contributed by atoms with van der Waals surface area (Å²) >= 11 is 1.46. The predicted molar refractivity (Wildman–Crippen MR) is 127 cm³/mol. The van der Waals surface area contributed by atoms with Gasteiger partial charge in [-0.2, -0.15) is 0 Å². The Morgan fingerprint density at radius 1 is 1.00 bits per heavy atom. The van der Waals surface area contributed by atoms with Gasteiger partial charge in [-0.15, -0.1) is 10.2 Å². The SMILES string of the molecule is COc1ccc(-n2c(SCc3cc(=O)oc4cc(O)ccc34)nnc2-c2ccccc2)cc1. The average molecular weight is 458 g/mol. The summed E-state index contributed by atoms with van der Waals surface area (Å²) in [6.07, 6.45) is 0. The molecule has 8 heteroatoms. The number of phenols is 1. The van der Waals surface area contributed by atoms with Crippen molar-refractivity contribution in [3.63, 3.8) is 0 Å². The largest absolute Gasteiger partial charge is 0.508 e. The van der Waals surface area contributed by atoms with Crippen molar-refractivity contribution in [2.75, 3.05) is 7.11 Å². The van der Waals surface area contributed by atoms with Gasteiger partial charge >= 0.3 is 5.63 Å². The Kier molecular flexibility index (Phi) is 5.58. The second kappa shape index (κ2) is 8.84. The first-order valence-electron chi connectivity index (χ1n) is 10.2. The standard InChI is InChI=1S/C25H19N3O4S/c1-31-20-10-7-18(8-11-20)28-24(16-5-3-2-4-6-16)26-27-25(28)33-15-17-13-23(30)32-22-14-19(29)9-12-21(17)22/h2-14,29H,15H2,1H3. The molecular formula is C25H19N3O4S. The molecule has 0 amide bonds. The Labute approximate surface area is 193 Å². The van der Waals surface area contributed by atoms with Crippen LogP contribution in [0.25, 0.3) is 28.0 Å². The third-order valence-corrected chi connectivity index (χ3v) is 6.14. The normalized spacial score (nSPS) is 11.1. The molecule has 2 aromatic heterocycles. The van der Waals surface area contributed by atoms with E-state index in [9.17, 15) is 9.90 Å². The van der Waals surface area contributed by atoms with E-state index in [1.807, 2.05) is 59.2 Å². The van der Waals surface area contributed by atoms with Crippen molar-refractivity contribution < 1.29 is 14.3 Å². The second-order valence-electron chi connectivity index (χ2n) is 7.27. The monoisotopic (exact) mass is 457 g/mol. The zero-order valence-corrected chi connectivity index (χ0v) is 18.5. The highest BCUT2D eigenvalue weighted by molar-refractivity contribution is 7.98. The molecule has 5 aromatic rings. The second-order valence-corrected chi connectivity index (χ2v) is 8.21. The van der Waals surface area contributed by atoms with Crippen LogP contribution in [0.5, 0.6) is 11.5 Å². The highest BCUT2D eigenvalue weighted by atomic mass is 32.2. The van der Waals surface area contributed by atoms with E-state index in [-0.39, 0.29) is 5.75 Å². The van der Waals surface area contributed by atoms with Crippen LogP contribution in [-0.2, 0) is 5.75 Å². The minimum atomic E-state index is -0.467. The summed E-state index contributed by atoms with van der Waals surface area (Å²) in [7, 11) is 1.63. The molecule has 3 aromatic carbocycles. The highest BCUT2D eigenvalue weighted by Gasteiger charge is 2.17. The molecule has 0 unspecified atom stereocenters. The van der Waals surface area contributed by atoms with Crippen LogP contribution in [0.1, 0.15) is 5.56 Å². The zero-order chi connectivity index (χ0) is 22.8. The van der Waals surface area contributed by atoms with Crippen LogP contribution in [0.15, 0.2) is 93.2 Å². The molecule has 0 bridgehead atoms. The number of hydrogen-bond donors (Lipinski definition) is 1. The van der Waals surface area contributed by atoms with Crippen molar-refractivity contribution in [2.45, 2.75) is 10.9 Å². The van der Waals surface area contributed by atoms with E-state index in [2.05, 4.69) is 10.2 Å². The third-order valence-electron chi connectivity index (χ3n) is 5.17. The van der Waals surface area contributed by atoms with Gasteiger partial charge in [-0.25, -0.2) is 4.79 Å². The molecule has 0 saturated heterocycles. The molecule has 0 saturated carbocycles. The van der Waals surface area contributed by atoms with Crippen LogP contribution < -0.4 is 10.4 Å². The summed E-state index contributed by atoms with van der Waals surface area (Å²) in [5.74, 6) is 1.98. The molecule has 1 N–H and O–H groups in total. The van der Waals surface area contributed by atoms with Crippen molar-refractivity contribution in [3.8, 4) is 28.6 Å². The van der Waals surface area contributed by atoms with Gasteiger partial charge < -0.3 is 14.3 Å². The molecule has 0 atom stereocenters. The summed E-state index contributed by atoms with van der Waals surface area (Å²) in [4.78, 5) is 12.1. The molecule has 0 aliphatic carbocycles. The lowest BCUT2D eigenvalue weighted by Crippen LogP contribution is -2.02. The Hall–Kier alpha value is -4.04. The molecule has 2 heterocycles. The van der Waals surface area contributed by atoms with Gasteiger partial charge in [0.05, 0.1) is 7.11 Å².